The first kappa shape index (κ1) is 16.0. The Labute approximate surface area is 157 Å². The van der Waals surface area contributed by atoms with Crippen LogP contribution in [0.15, 0.2) is 42.9 Å². The van der Waals surface area contributed by atoms with Crippen LogP contribution in [-0.4, -0.2) is 45.2 Å². The maximum atomic E-state index is 13.1. The molecule has 27 heavy (non-hydrogen) atoms. The van der Waals surface area contributed by atoms with Crippen LogP contribution in [-0.2, 0) is 11.2 Å². The van der Waals surface area contributed by atoms with E-state index in [2.05, 4.69) is 26.1 Å². The Morgan fingerprint density at radius 1 is 1.22 bits per heavy atom. The van der Waals surface area contributed by atoms with Gasteiger partial charge in [0, 0.05) is 42.3 Å². The second-order valence-electron chi connectivity index (χ2n) is 7.01. The SMILES string of the molecule is Cc1nc(N2CCC(N3CCc4cccnc43)C2=O)ccc1-c1cn[nH]c1. The van der Waals surface area contributed by atoms with E-state index < -0.39 is 0 Å². The third-order valence-electron chi connectivity index (χ3n) is 5.47. The predicted octanol–water partition coefficient (Wildman–Crippen LogP) is 2.34. The number of rotatable bonds is 3. The van der Waals surface area contributed by atoms with Gasteiger partial charge in [-0.3, -0.25) is 14.8 Å². The van der Waals surface area contributed by atoms with E-state index in [4.69, 9.17) is 4.98 Å². The monoisotopic (exact) mass is 360 g/mol. The molecule has 2 aliphatic rings. The third-order valence-corrected chi connectivity index (χ3v) is 5.47. The summed E-state index contributed by atoms with van der Waals surface area (Å²) in [5.74, 6) is 1.78. The first-order valence-corrected chi connectivity index (χ1v) is 9.21. The number of nitrogens with one attached hydrogen (secondary N) is 1. The molecule has 3 aromatic rings. The lowest BCUT2D eigenvalue weighted by Crippen LogP contribution is -2.41. The van der Waals surface area contributed by atoms with Crippen LogP contribution in [0.25, 0.3) is 11.1 Å². The van der Waals surface area contributed by atoms with Gasteiger partial charge in [0.15, 0.2) is 0 Å². The molecule has 1 saturated heterocycles. The number of H-pyrrole nitrogens is 1. The van der Waals surface area contributed by atoms with E-state index in [0.29, 0.717) is 12.4 Å². The maximum Gasteiger partial charge on any atom is 0.250 e. The summed E-state index contributed by atoms with van der Waals surface area (Å²) >= 11 is 0. The standard InChI is InChI=1S/C20H20N6O/c1-13-16(15-11-22-23-12-15)4-5-18(24-13)26-10-7-17(20(26)27)25-9-6-14-3-2-8-21-19(14)25/h2-5,8,11-12,17H,6-7,9-10H2,1H3,(H,22,23). The summed E-state index contributed by atoms with van der Waals surface area (Å²) in [6.45, 7) is 3.49. The zero-order chi connectivity index (χ0) is 18.4. The first-order valence-electron chi connectivity index (χ1n) is 9.21. The van der Waals surface area contributed by atoms with Crippen molar-refractivity contribution in [2.24, 2.45) is 0 Å². The normalized spacial score (nSPS) is 19.0. The second-order valence-corrected chi connectivity index (χ2v) is 7.01. The molecule has 1 atom stereocenters. The van der Waals surface area contributed by atoms with Gasteiger partial charge in [0.05, 0.1) is 6.20 Å². The van der Waals surface area contributed by atoms with E-state index in [1.165, 1.54) is 5.56 Å². The molecule has 1 unspecified atom stereocenters. The highest BCUT2D eigenvalue weighted by Gasteiger charge is 2.40. The summed E-state index contributed by atoms with van der Waals surface area (Å²) in [7, 11) is 0. The van der Waals surface area contributed by atoms with E-state index in [0.717, 1.165) is 42.0 Å². The van der Waals surface area contributed by atoms with Crippen LogP contribution in [0.3, 0.4) is 0 Å². The Morgan fingerprint density at radius 3 is 2.96 bits per heavy atom. The van der Waals surface area contributed by atoms with Gasteiger partial charge in [0.2, 0.25) is 0 Å². The summed E-state index contributed by atoms with van der Waals surface area (Å²) in [6, 6.07) is 7.83. The molecular formula is C20H20N6O. The molecule has 1 N–H and O–H groups in total. The minimum absolute atomic E-state index is 0.108. The van der Waals surface area contributed by atoms with Crippen LogP contribution >= 0.6 is 0 Å². The molecule has 0 aromatic carbocycles. The van der Waals surface area contributed by atoms with Gasteiger partial charge in [-0.25, -0.2) is 9.97 Å². The molecule has 0 saturated carbocycles. The number of amides is 1. The van der Waals surface area contributed by atoms with Crippen molar-refractivity contribution in [3.8, 4) is 11.1 Å². The Balaban J connectivity index is 1.40. The summed E-state index contributed by atoms with van der Waals surface area (Å²) in [6.07, 6.45) is 7.16. The number of aromatic nitrogens is 4. The summed E-state index contributed by atoms with van der Waals surface area (Å²) in [4.78, 5) is 26.3. The smallest absolute Gasteiger partial charge is 0.250 e. The van der Waals surface area contributed by atoms with Crippen molar-refractivity contribution < 1.29 is 4.79 Å². The van der Waals surface area contributed by atoms with E-state index in [1.54, 1.807) is 17.3 Å². The number of hydrogen-bond donors (Lipinski definition) is 1. The predicted molar refractivity (Wildman–Crippen MR) is 103 cm³/mol. The van der Waals surface area contributed by atoms with Crippen LogP contribution < -0.4 is 9.80 Å². The van der Waals surface area contributed by atoms with E-state index in [1.807, 2.05) is 31.3 Å². The molecule has 1 fully saturated rings. The molecule has 7 nitrogen and oxygen atoms in total. The number of anilines is 2. The van der Waals surface area contributed by atoms with E-state index >= 15 is 0 Å². The van der Waals surface area contributed by atoms with Crippen molar-refractivity contribution in [2.45, 2.75) is 25.8 Å². The van der Waals surface area contributed by atoms with Crippen LogP contribution in [0.4, 0.5) is 11.6 Å². The van der Waals surface area contributed by atoms with Crippen LogP contribution in [0.5, 0.6) is 0 Å². The Kier molecular flexibility index (Phi) is 3.67. The quantitative estimate of drug-likeness (QED) is 0.776. The summed E-state index contributed by atoms with van der Waals surface area (Å²) in [5.41, 5.74) is 4.13. The molecule has 1 amide bonds. The van der Waals surface area contributed by atoms with Crippen molar-refractivity contribution in [3.05, 3.63) is 54.1 Å². The van der Waals surface area contributed by atoms with Crippen molar-refractivity contribution in [1.29, 1.82) is 0 Å². The average molecular weight is 360 g/mol. The molecular weight excluding hydrogens is 340 g/mol. The number of nitrogens with zero attached hydrogens (tertiary/aromatic N) is 5. The van der Waals surface area contributed by atoms with Crippen LogP contribution in [0.2, 0.25) is 0 Å². The van der Waals surface area contributed by atoms with Crippen molar-refractivity contribution >= 4 is 17.5 Å². The van der Waals surface area contributed by atoms with Gasteiger partial charge in [-0.15, -0.1) is 0 Å². The minimum atomic E-state index is -0.156. The summed E-state index contributed by atoms with van der Waals surface area (Å²) < 4.78 is 0. The van der Waals surface area contributed by atoms with Crippen LogP contribution in [0, 0.1) is 6.92 Å². The van der Waals surface area contributed by atoms with Crippen LogP contribution in [0.1, 0.15) is 17.7 Å². The second kappa shape index (κ2) is 6.19. The van der Waals surface area contributed by atoms with Gasteiger partial charge in [0.1, 0.15) is 17.7 Å². The number of carbonyl (C=O) groups excluding carboxylic acids is 1. The molecule has 0 radical (unpaired) electrons. The number of pyridine rings is 2. The van der Waals surface area contributed by atoms with Crippen molar-refractivity contribution in [2.75, 3.05) is 22.9 Å². The molecule has 3 aromatic heterocycles. The molecule has 5 heterocycles. The Hall–Kier alpha value is -3.22. The highest BCUT2D eigenvalue weighted by molar-refractivity contribution is 6.01. The van der Waals surface area contributed by atoms with Gasteiger partial charge < -0.3 is 4.90 Å². The fourth-order valence-electron chi connectivity index (χ4n) is 4.12. The van der Waals surface area contributed by atoms with Crippen molar-refractivity contribution in [3.63, 3.8) is 0 Å². The molecule has 0 spiro atoms. The topological polar surface area (TPSA) is 78.0 Å². The molecule has 5 rings (SSSR count). The molecule has 0 bridgehead atoms. The Bertz CT molecular complexity index is 999. The van der Waals surface area contributed by atoms with E-state index in [-0.39, 0.29) is 11.9 Å². The Morgan fingerprint density at radius 2 is 2.15 bits per heavy atom. The number of carbonyl (C=O) groups is 1. The average Bonchev–Trinajstić information content (AvgIpc) is 3.41. The third kappa shape index (κ3) is 2.58. The molecule has 0 aliphatic carbocycles. The molecule has 2 aliphatic heterocycles. The number of aryl methyl sites for hydroxylation is 1. The van der Waals surface area contributed by atoms with Gasteiger partial charge >= 0.3 is 0 Å². The van der Waals surface area contributed by atoms with Gasteiger partial charge in [-0.1, -0.05) is 6.07 Å². The highest BCUT2D eigenvalue weighted by Crippen LogP contribution is 2.32. The molecule has 7 heteroatoms. The fourth-order valence-corrected chi connectivity index (χ4v) is 4.12. The van der Waals surface area contributed by atoms with Gasteiger partial charge in [-0.05, 0) is 43.5 Å². The van der Waals surface area contributed by atoms with Gasteiger partial charge in [0.25, 0.3) is 5.91 Å². The maximum absolute atomic E-state index is 13.1. The highest BCUT2D eigenvalue weighted by atomic mass is 16.2. The zero-order valence-electron chi connectivity index (χ0n) is 15.1. The lowest BCUT2D eigenvalue weighted by atomic mass is 10.1. The van der Waals surface area contributed by atoms with Gasteiger partial charge in [-0.2, -0.15) is 5.10 Å². The van der Waals surface area contributed by atoms with Crippen molar-refractivity contribution in [1.82, 2.24) is 20.2 Å². The fraction of sp³-hybridized carbons (Fsp3) is 0.300. The lowest BCUT2D eigenvalue weighted by Gasteiger charge is -2.25. The number of aromatic amines is 1. The number of fused-ring (bicyclic) bond motifs is 1. The first-order chi connectivity index (χ1) is 13.2. The minimum Gasteiger partial charge on any atom is -0.344 e. The lowest BCUT2D eigenvalue weighted by molar-refractivity contribution is -0.118. The zero-order valence-corrected chi connectivity index (χ0v) is 15.1. The largest absolute Gasteiger partial charge is 0.344 e. The number of hydrogen-bond acceptors (Lipinski definition) is 5. The van der Waals surface area contributed by atoms with E-state index in [9.17, 15) is 4.79 Å². The summed E-state index contributed by atoms with van der Waals surface area (Å²) in [5, 5.41) is 6.82. The molecule has 136 valence electrons.